The lowest BCUT2D eigenvalue weighted by molar-refractivity contribution is 0.0542. The van der Waals surface area contributed by atoms with Crippen LogP contribution in [0, 0.1) is 0 Å². The van der Waals surface area contributed by atoms with Gasteiger partial charge in [0.25, 0.3) is 5.91 Å². The maximum absolute atomic E-state index is 12.3. The van der Waals surface area contributed by atoms with Crippen LogP contribution >= 0.6 is 0 Å². The summed E-state index contributed by atoms with van der Waals surface area (Å²) in [6.45, 7) is 1.17. The summed E-state index contributed by atoms with van der Waals surface area (Å²) in [5, 5.41) is 19.8. The molecule has 1 aliphatic heterocycles. The second-order valence-electron chi connectivity index (χ2n) is 4.98. The topological polar surface area (TPSA) is 76.6 Å². The van der Waals surface area contributed by atoms with Crippen LogP contribution in [0.1, 0.15) is 23.3 Å². The molecule has 19 heavy (non-hydrogen) atoms. The molecule has 1 saturated heterocycles. The fourth-order valence-electron chi connectivity index (χ4n) is 2.47. The minimum Gasteiger partial charge on any atom is -0.508 e. The van der Waals surface area contributed by atoms with E-state index in [1.54, 1.807) is 29.2 Å². The third-order valence-electron chi connectivity index (χ3n) is 3.59. The van der Waals surface area contributed by atoms with E-state index in [4.69, 9.17) is 0 Å². The van der Waals surface area contributed by atoms with Crippen molar-refractivity contribution in [1.82, 2.24) is 9.88 Å². The largest absolute Gasteiger partial charge is 0.508 e. The predicted molar refractivity (Wildman–Crippen MR) is 71.1 cm³/mol. The summed E-state index contributed by atoms with van der Waals surface area (Å²) in [5.74, 6) is 0.122. The Bertz CT molecular complexity index is 612. The monoisotopic (exact) mass is 260 g/mol. The molecule has 0 bridgehead atoms. The second kappa shape index (κ2) is 4.59. The van der Waals surface area contributed by atoms with Crippen LogP contribution < -0.4 is 0 Å². The van der Waals surface area contributed by atoms with Crippen molar-refractivity contribution in [1.29, 1.82) is 0 Å². The number of aliphatic hydroxyl groups excluding tert-OH is 1. The third kappa shape index (κ3) is 2.29. The smallest absolute Gasteiger partial charge is 0.270 e. The Morgan fingerprint density at radius 2 is 2.00 bits per heavy atom. The molecule has 2 aromatic rings. The molecule has 5 nitrogen and oxygen atoms in total. The van der Waals surface area contributed by atoms with E-state index in [9.17, 15) is 15.0 Å². The minimum atomic E-state index is -0.288. The number of aromatic nitrogens is 1. The predicted octanol–water partition coefficient (Wildman–Crippen LogP) is 1.47. The quantitative estimate of drug-likeness (QED) is 0.726. The van der Waals surface area contributed by atoms with Crippen LogP contribution in [-0.2, 0) is 0 Å². The number of phenols is 1. The number of nitrogens with zero attached hydrogens (tertiary/aromatic N) is 1. The number of piperidine rings is 1. The molecule has 1 aromatic carbocycles. The van der Waals surface area contributed by atoms with Crippen LogP contribution in [0.5, 0.6) is 5.75 Å². The van der Waals surface area contributed by atoms with Crippen molar-refractivity contribution in [2.45, 2.75) is 18.9 Å². The van der Waals surface area contributed by atoms with E-state index >= 15 is 0 Å². The standard InChI is InChI=1S/C14H16N2O3/c17-10-3-5-16(6-4-10)14(19)13-7-9-1-2-11(18)8-12(9)15-13/h1-2,7-8,10,15,17-18H,3-6H2. The summed E-state index contributed by atoms with van der Waals surface area (Å²) < 4.78 is 0. The van der Waals surface area contributed by atoms with Gasteiger partial charge in [-0.05, 0) is 31.0 Å². The molecule has 1 fully saturated rings. The number of hydrogen-bond donors (Lipinski definition) is 3. The summed E-state index contributed by atoms with van der Waals surface area (Å²) in [4.78, 5) is 17.1. The van der Waals surface area contributed by atoms with E-state index in [1.807, 2.05) is 0 Å². The van der Waals surface area contributed by atoms with E-state index in [0.717, 1.165) is 10.9 Å². The Hall–Kier alpha value is -2.01. The van der Waals surface area contributed by atoms with Gasteiger partial charge in [-0.25, -0.2) is 0 Å². The fourth-order valence-corrected chi connectivity index (χ4v) is 2.47. The first kappa shape index (κ1) is 12.0. The third-order valence-corrected chi connectivity index (χ3v) is 3.59. The van der Waals surface area contributed by atoms with Gasteiger partial charge < -0.3 is 20.1 Å². The van der Waals surface area contributed by atoms with Gasteiger partial charge in [-0.1, -0.05) is 0 Å². The Morgan fingerprint density at radius 1 is 1.26 bits per heavy atom. The Balaban J connectivity index is 1.85. The van der Waals surface area contributed by atoms with Crippen molar-refractivity contribution in [3.8, 4) is 5.75 Å². The van der Waals surface area contributed by atoms with Crippen LogP contribution in [0.3, 0.4) is 0 Å². The van der Waals surface area contributed by atoms with E-state index < -0.39 is 0 Å². The molecular weight excluding hydrogens is 244 g/mol. The first-order chi connectivity index (χ1) is 9.13. The van der Waals surface area contributed by atoms with Gasteiger partial charge in [-0.2, -0.15) is 0 Å². The Kier molecular flexibility index (Phi) is 2.91. The average Bonchev–Trinajstić information content (AvgIpc) is 2.81. The van der Waals surface area contributed by atoms with E-state index in [1.165, 1.54) is 0 Å². The number of H-pyrrole nitrogens is 1. The number of rotatable bonds is 1. The highest BCUT2D eigenvalue weighted by molar-refractivity contribution is 5.98. The molecule has 3 rings (SSSR count). The summed E-state index contributed by atoms with van der Waals surface area (Å²) in [6.07, 6.45) is 0.975. The fraction of sp³-hybridized carbons (Fsp3) is 0.357. The van der Waals surface area contributed by atoms with Crippen LogP contribution in [0.25, 0.3) is 10.9 Å². The Morgan fingerprint density at radius 3 is 2.74 bits per heavy atom. The molecular formula is C14H16N2O3. The lowest BCUT2D eigenvalue weighted by Gasteiger charge is -2.29. The molecule has 1 amide bonds. The van der Waals surface area contributed by atoms with Gasteiger partial charge in [0, 0.05) is 30.1 Å². The van der Waals surface area contributed by atoms with Gasteiger partial charge in [0.05, 0.1) is 6.10 Å². The highest BCUT2D eigenvalue weighted by Gasteiger charge is 2.23. The van der Waals surface area contributed by atoms with Crippen molar-refractivity contribution in [3.63, 3.8) is 0 Å². The molecule has 0 spiro atoms. The van der Waals surface area contributed by atoms with Gasteiger partial charge in [-0.15, -0.1) is 0 Å². The number of phenolic OH excluding ortho intramolecular Hbond substituents is 1. The van der Waals surface area contributed by atoms with Crippen LogP contribution in [-0.4, -0.2) is 45.2 Å². The summed E-state index contributed by atoms with van der Waals surface area (Å²) in [7, 11) is 0. The lowest BCUT2D eigenvalue weighted by atomic mass is 10.1. The van der Waals surface area contributed by atoms with Crippen LogP contribution in [0.4, 0.5) is 0 Å². The molecule has 5 heteroatoms. The lowest BCUT2D eigenvalue weighted by Crippen LogP contribution is -2.40. The summed E-state index contributed by atoms with van der Waals surface area (Å²) in [6, 6.07) is 6.77. The van der Waals surface area contributed by atoms with Crippen molar-refractivity contribution in [2.24, 2.45) is 0 Å². The van der Waals surface area contributed by atoms with Gasteiger partial charge in [-0.3, -0.25) is 4.79 Å². The molecule has 3 N–H and O–H groups in total. The van der Waals surface area contributed by atoms with E-state index in [0.29, 0.717) is 31.6 Å². The van der Waals surface area contributed by atoms with Crippen molar-refractivity contribution in [2.75, 3.05) is 13.1 Å². The molecule has 0 unspecified atom stereocenters. The zero-order valence-corrected chi connectivity index (χ0v) is 10.5. The number of amides is 1. The SMILES string of the molecule is O=C(c1cc2ccc(O)cc2[nH]1)N1CCC(O)CC1. The summed E-state index contributed by atoms with van der Waals surface area (Å²) >= 11 is 0. The van der Waals surface area contributed by atoms with Gasteiger partial charge in [0.2, 0.25) is 0 Å². The highest BCUT2D eigenvalue weighted by atomic mass is 16.3. The maximum atomic E-state index is 12.3. The number of carbonyl (C=O) groups excluding carboxylic acids is 1. The van der Waals surface area contributed by atoms with Gasteiger partial charge >= 0.3 is 0 Å². The molecule has 0 aliphatic carbocycles. The molecule has 0 radical (unpaired) electrons. The zero-order chi connectivity index (χ0) is 13.4. The minimum absolute atomic E-state index is 0.0532. The molecule has 2 heterocycles. The number of aromatic hydroxyl groups is 1. The molecule has 0 atom stereocenters. The number of benzene rings is 1. The van der Waals surface area contributed by atoms with Gasteiger partial charge in [0.1, 0.15) is 11.4 Å². The normalized spacial score (nSPS) is 17.0. The maximum Gasteiger partial charge on any atom is 0.270 e. The number of carbonyl (C=O) groups is 1. The number of fused-ring (bicyclic) bond motifs is 1. The number of hydrogen-bond acceptors (Lipinski definition) is 3. The summed E-state index contributed by atoms with van der Waals surface area (Å²) in [5.41, 5.74) is 1.28. The highest BCUT2D eigenvalue weighted by Crippen LogP contribution is 2.22. The zero-order valence-electron chi connectivity index (χ0n) is 10.5. The van der Waals surface area contributed by atoms with E-state index in [-0.39, 0.29) is 17.8 Å². The number of aromatic amines is 1. The van der Waals surface area contributed by atoms with Crippen molar-refractivity contribution < 1.29 is 15.0 Å². The van der Waals surface area contributed by atoms with Crippen molar-refractivity contribution in [3.05, 3.63) is 30.0 Å². The number of aliphatic hydroxyl groups is 1. The van der Waals surface area contributed by atoms with E-state index in [2.05, 4.69) is 4.98 Å². The van der Waals surface area contributed by atoms with Crippen LogP contribution in [0.2, 0.25) is 0 Å². The molecule has 1 aliphatic rings. The first-order valence-electron chi connectivity index (χ1n) is 6.42. The van der Waals surface area contributed by atoms with Gasteiger partial charge in [0.15, 0.2) is 0 Å². The van der Waals surface area contributed by atoms with Crippen molar-refractivity contribution >= 4 is 16.8 Å². The molecule has 1 aromatic heterocycles. The van der Waals surface area contributed by atoms with Crippen LogP contribution in [0.15, 0.2) is 24.3 Å². The molecule has 100 valence electrons. The molecule has 0 saturated carbocycles. The number of likely N-dealkylation sites (tertiary alicyclic amines) is 1. The Labute approximate surface area is 110 Å². The average molecular weight is 260 g/mol. The number of nitrogens with one attached hydrogen (secondary N) is 1. The second-order valence-corrected chi connectivity index (χ2v) is 4.98. The first-order valence-corrected chi connectivity index (χ1v) is 6.42.